The summed E-state index contributed by atoms with van der Waals surface area (Å²) in [6.45, 7) is 2.24. The predicted molar refractivity (Wildman–Crippen MR) is 101 cm³/mol. The molecule has 0 saturated carbocycles. The largest absolute Gasteiger partial charge is 0.300 e. The summed E-state index contributed by atoms with van der Waals surface area (Å²) >= 11 is -0.266. The lowest BCUT2D eigenvalue weighted by Crippen LogP contribution is -2.15. The van der Waals surface area contributed by atoms with Crippen LogP contribution in [0.1, 0.15) is 49.7 Å². The van der Waals surface area contributed by atoms with Gasteiger partial charge in [0.1, 0.15) is 5.78 Å². The van der Waals surface area contributed by atoms with Crippen molar-refractivity contribution in [2.45, 2.75) is 49.1 Å². The molecule has 0 aliphatic carbocycles. The van der Waals surface area contributed by atoms with E-state index in [0.29, 0.717) is 5.78 Å². The van der Waals surface area contributed by atoms with Gasteiger partial charge in [0.2, 0.25) is 15.2 Å². The average Bonchev–Trinajstić information content (AvgIpc) is 2.60. The Kier molecular flexibility index (Phi) is 8.15. The van der Waals surface area contributed by atoms with E-state index in [-0.39, 0.29) is 21.1 Å². The van der Waals surface area contributed by atoms with Crippen LogP contribution in [0.4, 0.5) is 0 Å². The number of unbranched alkanes of at least 4 members (excludes halogenated alkanes) is 3. The Labute approximate surface area is 146 Å². The molecule has 120 valence electrons. The van der Waals surface area contributed by atoms with Gasteiger partial charge in [-0.25, -0.2) is 0 Å². The molecule has 0 saturated heterocycles. The maximum absolute atomic E-state index is 12.9. The van der Waals surface area contributed by atoms with E-state index in [1.165, 1.54) is 31.0 Å². The zero-order valence-corrected chi connectivity index (χ0v) is 15.6. The Morgan fingerprint density at radius 3 is 1.96 bits per heavy atom. The normalized spacial score (nSPS) is 10.7. The van der Waals surface area contributed by atoms with Crippen molar-refractivity contribution in [2.75, 3.05) is 0 Å². The van der Waals surface area contributed by atoms with Gasteiger partial charge in [-0.1, -0.05) is 98.6 Å². The Bertz CT molecular complexity index is 525. The van der Waals surface area contributed by atoms with E-state index >= 15 is 0 Å². The molecule has 0 unspecified atom stereocenters. The fraction of sp³-hybridized carbons (Fsp3) is 0.381. The third-order valence-electron chi connectivity index (χ3n) is 4.36. The molecule has 23 heavy (non-hydrogen) atoms. The van der Waals surface area contributed by atoms with E-state index in [2.05, 4.69) is 31.2 Å². The average molecular weight is 322 g/mol. The first-order valence-electron chi connectivity index (χ1n) is 8.95. The molecule has 1 nitrogen and oxygen atoms in total. The highest BCUT2D eigenvalue weighted by molar-refractivity contribution is 6.41. The minimum absolute atomic E-state index is 0.0828. The number of hydrogen-bond donors (Lipinski definition) is 0. The molecule has 2 aromatic rings. The summed E-state index contributed by atoms with van der Waals surface area (Å²) < 4.78 is 0. The zero-order chi connectivity index (χ0) is 16.3. The lowest BCUT2D eigenvalue weighted by Gasteiger charge is -2.17. The van der Waals surface area contributed by atoms with Crippen LogP contribution in [-0.4, -0.2) is 21.0 Å². The first kappa shape index (κ1) is 18.0. The molecule has 2 heteroatoms. The van der Waals surface area contributed by atoms with Gasteiger partial charge in [0.05, 0.1) is 5.92 Å². The van der Waals surface area contributed by atoms with Crippen LogP contribution in [0.2, 0.25) is 10.6 Å². The van der Waals surface area contributed by atoms with Crippen molar-refractivity contribution >= 4 is 21.0 Å². The van der Waals surface area contributed by atoms with Gasteiger partial charge in [-0.3, -0.25) is 0 Å². The van der Waals surface area contributed by atoms with Crippen molar-refractivity contribution in [2.24, 2.45) is 0 Å². The van der Waals surface area contributed by atoms with Crippen molar-refractivity contribution in [1.82, 2.24) is 0 Å². The molecule has 0 atom stereocenters. The first-order valence-corrected chi connectivity index (χ1v) is 11.0. The van der Waals surface area contributed by atoms with Crippen LogP contribution >= 0.6 is 0 Å². The molecular formula is C21H27AlO. The van der Waals surface area contributed by atoms with Crippen LogP contribution in [0.3, 0.4) is 0 Å². The highest BCUT2D eigenvalue weighted by Crippen LogP contribution is 2.26. The molecule has 0 N–H and O–H groups in total. The van der Waals surface area contributed by atoms with Crippen molar-refractivity contribution in [3.8, 4) is 0 Å². The maximum Gasteiger partial charge on any atom is 0.247 e. The number of carbonyl (C=O) groups excluding carboxylic acids is 1. The molecule has 0 radical (unpaired) electrons. The van der Waals surface area contributed by atoms with Gasteiger partial charge in [0, 0.05) is 0 Å². The van der Waals surface area contributed by atoms with Gasteiger partial charge in [0.15, 0.2) is 0 Å². The van der Waals surface area contributed by atoms with Crippen molar-refractivity contribution < 1.29 is 4.79 Å². The molecular weight excluding hydrogens is 295 g/mol. The SMILES string of the molecule is CCCCC[CH2][AlH][CH2]C(=O)C(c1ccccc1)c1ccccc1. The lowest BCUT2D eigenvalue weighted by molar-refractivity contribution is -0.117. The summed E-state index contributed by atoms with van der Waals surface area (Å²) in [5, 5.41) is 2.13. The van der Waals surface area contributed by atoms with Crippen LogP contribution in [0.25, 0.3) is 0 Å². The number of hydrogen-bond acceptors (Lipinski definition) is 1. The van der Waals surface area contributed by atoms with Crippen LogP contribution in [0.15, 0.2) is 60.7 Å². The van der Waals surface area contributed by atoms with Crippen LogP contribution in [0.5, 0.6) is 0 Å². The van der Waals surface area contributed by atoms with E-state index in [1.54, 1.807) is 0 Å². The third-order valence-corrected chi connectivity index (χ3v) is 6.21. The summed E-state index contributed by atoms with van der Waals surface area (Å²) in [5.74, 6) is 0.324. The highest BCUT2D eigenvalue weighted by atomic mass is 27.1. The molecule has 0 aliphatic rings. The number of carbonyl (C=O) groups is 1. The van der Waals surface area contributed by atoms with Gasteiger partial charge < -0.3 is 4.79 Å². The van der Waals surface area contributed by atoms with Crippen molar-refractivity contribution in [3.05, 3.63) is 71.8 Å². The molecule has 0 bridgehead atoms. The minimum atomic E-state index is -0.266. The molecule has 2 aromatic carbocycles. The summed E-state index contributed by atoms with van der Waals surface area (Å²) in [6.07, 6.45) is 5.26. The Balaban J connectivity index is 1.99. The van der Waals surface area contributed by atoms with Gasteiger partial charge >= 0.3 is 0 Å². The monoisotopic (exact) mass is 322 g/mol. The van der Waals surface area contributed by atoms with Crippen LogP contribution < -0.4 is 0 Å². The van der Waals surface area contributed by atoms with E-state index in [1.807, 2.05) is 36.4 Å². The third kappa shape index (κ3) is 5.98. The van der Waals surface area contributed by atoms with Gasteiger partial charge in [-0.15, -0.1) is 0 Å². The number of ketones is 1. The smallest absolute Gasteiger partial charge is 0.247 e. The maximum atomic E-state index is 12.9. The van der Waals surface area contributed by atoms with Crippen LogP contribution in [-0.2, 0) is 4.79 Å². The summed E-state index contributed by atoms with van der Waals surface area (Å²) in [6, 6.07) is 20.5. The Morgan fingerprint density at radius 1 is 0.870 bits per heavy atom. The van der Waals surface area contributed by atoms with E-state index in [0.717, 1.165) is 16.4 Å². The molecule has 0 aromatic heterocycles. The standard InChI is InChI=1S/C15H13O.C6H13.Al.H/c1-12(16)15(13-8-4-2-5-9-13)14-10-6-3-7-11-14;1-3-5-6-4-2;;/h2-11,15H,1H2;1,3-6H2,2H3;;. The second-order valence-corrected chi connectivity index (χ2v) is 8.15. The highest BCUT2D eigenvalue weighted by Gasteiger charge is 2.21. The fourth-order valence-corrected chi connectivity index (χ4v) is 4.67. The van der Waals surface area contributed by atoms with Gasteiger partial charge in [0.25, 0.3) is 0 Å². The summed E-state index contributed by atoms with van der Waals surface area (Å²) in [7, 11) is 0. The van der Waals surface area contributed by atoms with Crippen molar-refractivity contribution in [1.29, 1.82) is 0 Å². The van der Waals surface area contributed by atoms with E-state index in [9.17, 15) is 4.79 Å². The second-order valence-electron chi connectivity index (χ2n) is 6.24. The van der Waals surface area contributed by atoms with Crippen LogP contribution in [0, 0.1) is 0 Å². The Morgan fingerprint density at radius 2 is 1.43 bits per heavy atom. The topological polar surface area (TPSA) is 17.1 Å². The second kappa shape index (κ2) is 10.4. The quantitative estimate of drug-likeness (QED) is 0.432. The molecule has 0 amide bonds. The molecule has 2 rings (SSSR count). The van der Waals surface area contributed by atoms with Gasteiger partial charge in [-0.2, -0.15) is 0 Å². The van der Waals surface area contributed by atoms with E-state index < -0.39 is 0 Å². The fourth-order valence-electron chi connectivity index (χ4n) is 3.08. The minimum Gasteiger partial charge on any atom is -0.300 e. The number of benzene rings is 2. The Hall–Kier alpha value is -1.36. The molecule has 0 fully saturated rings. The van der Waals surface area contributed by atoms with E-state index in [4.69, 9.17) is 0 Å². The van der Waals surface area contributed by atoms with Gasteiger partial charge in [-0.05, 0) is 16.4 Å². The predicted octanol–water partition coefficient (Wildman–Crippen LogP) is 5.24. The van der Waals surface area contributed by atoms with Crippen molar-refractivity contribution in [3.63, 3.8) is 0 Å². The molecule has 0 aliphatic heterocycles. The number of Topliss-reactive ketones (excluding diaryl/α,β-unsaturated/α-hetero) is 1. The zero-order valence-electron chi connectivity index (χ0n) is 14.2. The number of rotatable bonds is 10. The molecule has 0 spiro atoms. The molecule has 0 heterocycles. The summed E-state index contributed by atoms with van der Waals surface area (Å²) in [4.78, 5) is 12.9. The first-order chi connectivity index (χ1) is 11.3. The summed E-state index contributed by atoms with van der Waals surface area (Å²) in [5.41, 5.74) is 2.26. The lowest BCUT2D eigenvalue weighted by atomic mass is 9.88.